The Balaban J connectivity index is 1.58. The lowest BCUT2D eigenvalue weighted by Gasteiger charge is -2.13. The Morgan fingerprint density at radius 2 is 2.05 bits per heavy atom. The van der Waals surface area contributed by atoms with Crippen molar-refractivity contribution in [2.45, 2.75) is 38.0 Å². The van der Waals surface area contributed by atoms with Gasteiger partial charge in [-0.2, -0.15) is 0 Å². The third kappa shape index (κ3) is 4.03. The average molecular weight is 283 g/mol. The Morgan fingerprint density at radius 3 is 2.81 bits per heavy atom. The minimum Gasteiger partial charge on any atom is -0.393 e. The summed E-state index contributed by atoms with van der Waals surface area (Å²) < 4.78 is 0. The number of hydrogen-bond donors (Lipinski definition) is 3. The maximum Gasteiger partial charge on any atom is 0.0570 e. The number of benzene rings is 1. The molecule has 1 aliphatic rings. The van der Waals surface area contributed by atoms with E-state index in [1.54, 1.807) is 6.20 Å². The number of aromatic nitrogens is 1. The average Bonchev–Trinajstić information content (AvgIpc) is 2.92. The molecule has 2 unspecified atom stereocenters. The molecule has 0 radical (unpaired) electrons. The first-order valence-corrected chi connectivity index (χ1v) is 7.47. The highest BCUT2D eigenvalue weighted by atomic mass is 16.3. The first-order chi connectivity index (χ1) is 10.3. The molecule has 2 aromatic rings. The maximum atomic E-state index is 9.55. The van der Waals surface area contributed by atoms with Crippen LogP contribution < -0.4 is 10.6 Å². The lowest BCUT2D eigenvalue weighted by molar-refractivity contribution is 0.179. The first kappa shape index (κ1) is 14.0. The molecule has 1 fully saturated rings. The first-order valence-electron chi connectivity index (χ1n) is 7.47. The second-order valence-electron chi connectivity index (χ2n) is 5.61. The molecule has 0 amide bonds. The van der Waals surface area contributed by atoms with Crippen LogP contribution >= 0.6 is 0 Å². The van der Waals surface area contributed by atoms with Crippen LogP contribution in [-0.4, -0.2) is 22.2 Å². The molecule has 1 aliphatic carbocycles. The molecule has 1 heterocycles. The van der Waals surface area contributed by atoms with Gasteiger partial charge < -0.3 is 15.7 Å². The number of hydrogen-bond acceptors (Lipinski definition) is 4. The second-order valence-corrected chi connectivity index (χ2v) is 5.61. The smallest absolute Gasteiger partial charge is 0.0570 e. The summed E-state index contributed by atoms with van der Waals surface area (Å²) in [7, 11) is 0. The maximum absolute atomic E-state index is 9.55. The standard InChI is InChI=1S/C17H21N3O/c21-17-7-6-14(10-17)19-11-13-3-1-4-15(9-13)20-16-5-2-8-18-12-16/h1-5,8-9,12,14,17,19-21H,6-7,10-11H2. The molecule has 3 rings (SSSR count). The molecule has 2 atom stereocenters. The van der Waals surface area contributed by atoms with Gasteiger partial charge >= 0.3 is 0 Å². The summed E-state index contributed by atoms with van der Waals surface area (Å²) in [6, 6.07) is 12.7. The number of nitrogens with one attached hydrogen (secondary N) is 2. The monoisotopic (exact) mass is 283 g/mol. The highest BCUT2D eigenvalue weighted by Gasteiger charge is 2.21. The summed E-state index contributed by atoms with van der Waals surface area (Å²) in [6.45, 7) is 0.833. The van der Waals surface area contributed by atoms with Crippen molar-refractivity contribution >= 4 is 11.4 Å². The van der Waals surface area contributed by atoms with Gasteiger partial charge in [-0.1, -0.05) is 12.1 Å². The van der Waals surface area contributed by atoms with Crippen LogP contribution in [0.2, 0.25) is 0 Å². The molecule has 1 saturated carbocycles. The predicted molar refractivity (Wildman–Crippen MR) is 84.4 cm³/mol. The zero-order chi connectivity index (χ0) is 14.5. The minimum atomic E-state index is -0.124. The largest absolute Gasteiger partial charge is 0.393 e. The number of anilines is 2. The van der Waals surface area contributed by atoms with E-state index in [2.05, 4.69) is 39.9 Å². The number of aliphatic hydroxyl groups is 1. The van der Waals surface area contributed by atoms with Crippen molar-refractivity contribution in [3.63, 3.8) is 0 Å². The molecule has 4 nitrogen and oxygen atoms in total. The fourth-order valence-corrected chi connectivity index (χ4v) is 2.77. The van der Waals surface area contributed by atoms with Crippen LogP contribution in [0.1, 0.15) is 24.8 Å². The van der Waals surface area contributed by atoms with E-state index in [0.29, 0.717) is 6.04 Å². The highest BCUT2D eigenvalue weighted by Crippen LogP contribution is 2.20. The molecule has 0 spiro atoms. The van der Waals surface area contributed by atoms with E-state index in [1.165, 1.54) is 5.56 Å². The van der Waals surface area contributed by atoms with Crippen LogP contribution in [0.4, 0.5) is 11.4 Å². The Labute approximate surface area is 125 Å². The van der Waals surface area contributed by atoms with Crippen LogP contribution in [0.25, 0.3) is 0 Å². The summed E-state index contributed by atoms with van der Waals surface area (Å²) in [4.78, 5) is 4.10. The third-order valence-electron chi connectivity index (χ3n) is 3.88. The molecule has 4 heteroatoms. The quantitative estimate of drug-likeness (QED) is 0.790. The molecular weight excluding hydrogens is 262 g/mol. The van der Waals surface area contributed by atoms with Gasteiger partial charge in [0.25, 0.3) is 0 Å². The van der Waals surface area contributed by atoms with Crippen molar-refractivity contribution in [1.82, 2.24) is 10.3 Å². The van der Waals surface area contributed by atoms with Crippen molar-refractivity contribution in [2.24, 2.45) is 0 Å². The van der Waals surface area contributed by atoms with Gasteiger partial charge in [-0.05, 0) is 49.1 Å². The normalized spacial score (nSPS) is 21.4. The molecule has 1 aromatic heterocycles. The van der Waals surface area contributed by atoms with E-state index in [4.69, 9.17) is 0 Å². The Morgan fingerprint density at radius 1 is 1.14 bits per heavy atom. The SMILES string of the molecule is OC1CCC(NCc2cccc(Nc3cccnc3)c2)C1. The Kier molecular flexibility index (Phi) is 4.48. The molecule has 0 bridgehead atoms. The van der Waals surface area contributed by atoms with E-state index < -0.39 is 0 Å². The van der Waals surface area contributed by atoms with Crippen LogP contribution in [0.15, 0.2) is 48.8 Å². The summed E-state index contributed by atoms with van der Waals surface area (Å²) in [5, 5.41) is 16.4. The van der Waals surface area contributed by atoms with Crippen LogP contribution in [0.3, 0.4) is 0 Å². The van der Waals surface area contributed by atoms with Gasteiger partial charge in [0.05, 0.1) is 18.0 Å². The van der Waals surface area contributed by atoms with Crippen molar-refractivity contribution in [3.05, 3.63) is 54.4 Å². The molecular formula is C17H21N3O. The van der Waals surface area contributed by atoms with E-state index in [9.17, 15) is 5.11 Å². The molecule has 1 aromatic carbocycles. The zero-order valence-corrected chi connectivity index (χ0v) is 12.0. The number of pyridine rings is 1. The van der Waals surface area contributed by atoms with E-state index in [1.807, 2.05) is 18.3 Å². The summed E-state index contributed by atoms with van der Waals surface area (Å²) in [5.41, 5.74) is 3.29. The fraction of sp³-hybridized carbons (Fsp3) is 0.353. The van der Waals surface area contributed by atoms with Crippen LogP contribution in [0, 0.1) is 0 Å². The highest BCUT2D eigenvalue weighted by molar-refractivity contribution is 5.59. The van der Waals surface area contributed by atoms with Crippen molar-refractivity contribution in [2.75, 3.05) is 5.32 Å². The Bertz CT molecular complexity index is 573. The predicted octanol–water partition coefficient (Wildman–Crippen LogP) is 2.83. The van der Waals surface area contributed by atoms with Gasteiger partial charge in [-0.3, -0.25) is 4.98 Å². The van der Waals surface area contributed by atoms with Gasteiger partial charge in [-0.15, -0.1) is 0 Å². The molecule has 0 aliphatic heterocycles. The topological polar surface area (TPSA) is 57.2 Å². The molecule has 3 N–H and O–H groups in total. The van der Waals surface area contributed by atoms with E-state index in [0.717, 1.165) is 37.2 Å². The van der Waals surface area contributed by atoms with Crippen molar-refractivity contribution in [3.8, 4) is 0 Å². The van der Waals surface area contributed by atoms with Crippen molar-refractivity contribution in [1.29, 1.82) is 0 Å². The molecule has 21 heavy (non-hydrogen) atoms. The number of rotatable bonds is 5. The zero-order valence-electron chi connectivity index (χ0n) is 12.0. The number of aliphatic hydroxyl groups excluding tert-OH is 1. The fourth-order valence-electron chi connectivity index (χ4n) is 2.77. The van der Waals surface area contributed by atoms with Gasteiger partial charge in [-0.25, -0.2) is 0 Å². The Hall–Kier alpha value is -1.91. The van der Waals surface area contributed by atoms with E-state index in [-0.39, 0.29) is 6.10 Å². The van der Waals surface area contributed by atoms with Gasteiger partial charge in [0.1, 0.15) is 0 Å². The van der Waals surface area contributed by atoms with Crippen LogP contribution in [-0.2, 0) is 6.54 Å². The molecule has 110 valence electrons. The molecule has 0 saturated heterocycles. The van der Waals surface area contributed by atoms with Gasteiger partial charge in [0.2, 0.25) is 0 Å². The van der Waals surface area contributed by atoms with Crippen molar-refractivity contribution < 1.29 is 5.11 Å². The van der Waals surface area contributed by atoms with Crippen LogP contribution in [0.5, 0.6) is 0 Å². The summed E-state index contributed by atoms with van der Waals surface area (Å²) in [5.74, 6) is 0. The minimum absolute atomic E-state index is 0.124. The second kappa shape index (κ2) is 6.70. The lowest BCUT2D eigenvalue weighted by atomic mass is 10.1. The van der Waals surface area contributed by atoms with Gasteiger partial charge in [0, 0.05) is 24.5 Å². The van der Waals surface area contributed by atoms with Gasteiger partial charge in [0.15, 0.2) is 0 Å². The van der Waals surface area contributed by atoms with E-state index >= 15 is 0 Å². The number of nitrogens with zero attached hydrogens (tertiary/aromatic N) is 1. The lowest BCUT2D eigenvalue weighted by Crippen LogP contribution is -2.26. The summed E-state index contributed by atoms with van der Waals surface area (Å²) >= 11 is 0. The summed E-state index contributed by atoms with van der Waals surface area (Å²) in [6.07, 6.45) is 6.30. The third-order valence-corrected chi connectivity index (χ3v) is 3.88.